The van der Waals surface area contributed by atoms with E-state index in [9.17, 15) is 0 Å². The highest BCUT2D eigenvalue weighted by molar-refractivity contribution is 7.15. The number of aromatic nitrogens is 2. The predicted molar refractivity (Wildman–Crippen MR) is 68.8 cm³/mol. The summed E-state index contributed by atoms with van der Waals surface area (Å²) in [5.41, 5.74) is 2.05. The van der Waals surface area contributed by atoms with E-state index in [1.807, 2.05) is 12.1 Å². The number of hydrogen-bond donors (Lipinski definition) is 0. The van der Waals surface area contributed by atoms with Gasteiger partial charge in [-0.3, -0.25) is 4.98 Å². The first-order valence-electron chi connectivity index (χ1n) is 5.49. The SMILES string of the molecule is CC(C)c1nc(-c2cccnc2)sc1CC#N. The van der Waals surface area contributed by atoms with E-state index in [0.717, 1.165) is 21.1 Å². The lowest BCUT2D eigenvalue weighted by atomic mass is 10.1. The first-order valence-corrected chi connectivity index (χ1v) is 6.31. The van der Waals surface area contributed by atoms with Gasteiger partial charge in [0, 0.05) is 22.8 Å². The maximum atomic E-state index is 8.82. The zero-order valence-electron chi connectivity index (χ0n) is 9.84. The van der Waals surface area contributed by atoms with Gasteiger partial charge in [-0.25, -0.2) is 4.98 Å². The van der Waals surface area contributed by atoms with E-state index in [1.54, 1.807) is 23.7 Å². The summed E-state index contributed by atoms with van der Waals surface area (Å²) in [6.45, 7) is 4.20. The van der Waals surface area contributed by atoms with E-state index in [4.69, 9.17) is 5.26 Å². The molecule has 0 aromatic carbocycles. The summed E-state index contributed by atoms with van der Waals surface area (Å²) in [4.78, 5) is 9.79. The molecule has 3 nitrogen and oxygen atoms in total. The van der Waals surface area contributed by atoms with Crippen LogP contribution in [0.5, 0.6) is 0 Å². The Labute approximate surface area is 105 Å². The summed E-state index contributed by atoms with van der Waals surface area (Å²) in [6, 6.07) is 6.09. The van der Waals surface area contributed by atoms with Crippen LogP contribution in [0, 0.1) is 11.3 Å². The minimum atomic E-state index is 0.347. The Balaban J connectivity index is 2.44. The molecule has 0 aliphatic rings. The molecule has 2 aromatic rings. The van der Waals surface area contributed by atoms with Crippen LogP contribution >= 0.6 is 11.3 Å². The number of nitriles is 1. The van der Waals surface area contributed by atoms with Crippen molar-refractivity contribution in [2.45, 2.75) is 26.2 Å². The summed E-state index contributed by atoms with van der Waals surface area (Å²) in [6.07, 6.45) is 3.99. The Morgan fingerprint density at radius 3 is 2.88 bits per heavy atom. The molecule has 0 amide bonds. The quantitative estimate of drug-likeness (QED) is 0.830. The lowest BCUT2D eigenvalue weighted by molar-refractivity contribution is 0.822. The predicted octanol–water partition coefficient (Wildman–Crippen LogP) is 3.39. The molecule has 0 saturated carbocycles. The average molecular weight is 243 g/mol. The van der Waals surface area contributed by atoms with Crippen LogP contribution in [0.2, 0.25) is 0 Å². The van der Waals surface area contributed by atoms with E-state index in [2.05, 4.69) is 29.9 Å². The monoisotopic (exact) mass is 243 g/mol. The van der Waals surface area contributed by atoms with E-state index in [0.29, 0.717) is 12.3 Å². The standard InChI is InChI=1S/C13H13N3S/c1-9(2)12-11(5-6-14)17-13(16-12)10-4-3-7-15-8-10/h3-4,7-9H,5H2,1-2H3. The summed E-state index contributed by atoms with van der Waals surface area (Å²) in [5.74, 6) is 0.347. The van der Waals surface area contributed by atoms with Crippen molar-refractivity contribution in [3.63, 3.8) is 0 Å². The van der Waals surface area contributed by atoms with Gasteiger partial charge < -0.3 is 0 Å². The van der Waals surface area contributed by atoms with Crippen molar-refractivity contribution in [1.29, 1.82) is 5.26 Å². The minimum absolute atomic E-state index is 0.347. The van der Waals surface area contributed by atoms with Gasteiger partial charge in [0.25, 0.3) is 0 Å². The van der Waals surface area contributed by atoms with Crippen LogP contribution in [-0.2, 0) is 6.42 Å². The zero-order chi connectivity index (χ0) is 12.3. The van der Waals surface area contributed by atoms with E-state index in [-0.39, 0.29) is 0 Å². The van der Waals surface area contributed by atoms with E-state index < -0.39 is 0 Å². The van der Waals surface area contributed by atoms with Crippen LogP contribution < -0.4 is 0 Å². The largest absolute Gasteiger partial charge is 0.264 e. The Morgan fingerprint density at radius 1 is 1.47 bits per heavy atom. The Bertz CT molecular complexity index is 538. The van der Waals surface area contributed by atoms with Gasteiger partial charge in [-0.2, -0.15) is 5.26 Å². The molecular weight excluding hydrogens is 230 g/mol. The third-order valence-electron chi connectivity index (χ3n) is 2.42. The van der Waals surface area contributed by atoms with Crippen molar-refractivity contribution < 1.29 is 0 Å². The molecular formula is C13H13N3S. The van der Waals surface area contributed by atoms with Crippen LogP contribution in [0.15, 0.2) is 24.5 Å². The molecule has 0 N–H and O–H groups in total. The van der Waals surface area contributed by atoms with Crippen molar-refractivity contribution in [3.05, 3.63) is 35.1 Å². The highest BCUT2D eigenvalue weighted by Gasteiger charge is 2.14. The Hall–Kier alpha value is -1.73. The maximum Gasteiger partial charge on any atom is 0.125 e. The van der Waals surface area contributed by atoms with Crippen molar-refractivity contribution >= 4 is 11.3 Å². The van der Waals surface area contributed by atoms with E-state index >= 15 is 0 Å². The third kappa shape index (κ3) is 2.51. The molecule has 2 aromatic heterocycles. The van der Waals surface area contributed by atoms with Crippen molar-refractivity contribution in [3.8, 4) is 16.6 Å². The van der Waals surface area contributed by atoms with Gasteiger partial charge in [-0.05, 0) is 18.1 Å². The fraction of sp³-hybridized carbons (Fsp3) is 0.308. The van der Waals surface area contributed by atoms with Gasteiger partial charge in [0.2, 0.25) is 0 Å². The molecule has 0 aliphatic carbocycles. The fourth-order valence-corrected chi connectivity index (χ4v) is 2.76. The molecule has 0 saturated heterocycles. The van der Waals surface area contributed by atoms with Gasteiger partial charge in [0.15, 0.2) is 0 Å². The van der Waals surface area contributed by atoms with Gasteiger partial charge in [0.1, 0.15) is 5.01 Å². The zero-order valence-corrected chi connectivity index (χ0v) is 10.7. The second kappa shape index (κ2) is 5.07. The lowest BCUT2D eigenvalue weighted by Gasteiger charge is -2.00. The van der Waals surface area contributed by atoms with Crippen LogP contribution in [0.25, 0.3) is 10.6 Å². The average Bonchev–Trinajstić information content (AvgIpc) is 2.75. The van der Waals surface area contributed by atoms with Crippen LogP contribution in [0.3, 0.4) is 0 Å². The lowest BCUT2D eigenvalue weighted by Crippen LogP contribution is -1.92. The molecule has 0 atom stereocenters. The summed E-state index contributed by atoms with van der Waals surface area (Å²) < 4.78 is 0. The number of nitrogens with zero attached hydrogens (tertiary/aromatic N) is 3. The van der Waals surface area contributed by atoms with Crippen LogP contribution in [-0.4, -0.2) is 9.97 Å². The summed E-state index contributed by atoms with van der Waals surface area (Å²) in [5, 5.41) is 9.77. The Morgan fingerprint density at radius 2 is 2.29 bits per heavy atom. The third-order valence-corrected chi connectivity index (χ3v) is 3.54. The molecule has 2 rings (SSSR count). The van der Waals surface area contributed by atoms with Crippen molar-refractivity contribution in [2.75, 3.05) is 0 Å². The molecule has 0 fully saturated rings. The molecule has 4 heteroatoms. The number of thiazole rings is 1. The van der Waals surface area contributed by atoms with Crippen molar-refractivity contribution in [2.24, 2.45) is 0 Å². The van der Waals surface area contributed by atoms with Crippen LogP contribution in [0.1, 0.15) is 30.3 Å². The van der Waals surface area contributed by atoms with Gasteiger partial charge in [0.05, 0.1) is 18.2 Å². The second-order valence-electron chi connectivity index (χ2n) is 4.06. The molecule has 17 heavy (non-hydrogen) atoms. The molecule has 0 aliphatic heterocycles. The number of rotatable bonds is 3. The molecule has 2 heterocycles. The number of hydrogen-bond acceptors (Lipinski definition) is 4. The van der Waals surface area contributed by atoms with E-state index in [1.165, 1.54) is 0 Å². The van der Waals surface area contributed by atoms with Gasteiger partial charge in [-0.15, -0.1) is 11.3 Å². The topological polar surface area (TPSA) is 49.6 Å². The second-order valence-corrected chi connectivity index (χ2v) is 5.14. The highest BCUT2D eigenvalue weighted by atomic mass is 32.1. The summed E-state index contributed by atoms with van der Waals surface area (Å²) >= 11 is 1.59. The number of pyridine rings is 1. The maximum absolute atomic E-state index is 8.82. The van der Waals surface area contributed by atoms with Crippen LogP contribution in [0.4, 0.5) is 0 Å². The molecule has 86 valence electrons. The highest BCUT2D eigenvalue weighted by Crippen LogP contribution is 2.31. The first kappa shape index (κ1) is 11.7. The van der Waals surface area contributed by atoms with Gasteiger partial charge >= 0.3 is 0 Å². The fourth-order valence-electron chi connectivity index (χ4n) is 1.63. The Kier molecular flexibility index (Phi) is 3.50. The smallest absolute Gasteiger partial charge is 0.125 e. The molecule has 0 radical (unpaired) electrons. The minimum Gasteiger partial charge on any atom is -0.264 e. The first-order chi connectivity index (χ1) is 8.22. The van der Waals surface area contributed by atoms with Crippen molar-refractivity contribution in [1.82, 2.24) is 9.97 Å². The molecule has 0 bridgehead atoms. The van der Waals surface area contributed by atoms with Gasteiger partial charge in [-0.1, -0.05) is 13.8 Å². The summed E-state index contributed by atoms with van der Waals surface area (Å²) in [7, 11) is 0. The molecule has 0 spiro atoms. The normalized spacial score (nSPS) is 10.5. The molecule has 0 unspecified atom stereocenters.